The third kappa shape index (κ3) is 5.39. The third-order valence-corrected chi connectivity index (χ3v) is 3.24. The fraction of sp³-hybridized carbons (Fsp3) is 0.333. The zero-order chi connectivity index (χ0) is 15.6. The Bertz CT molecular complexity index is 517. The van der Waals surface area contributed by atoms with Crippen LogP contribution in [-0.4, -0.2) is 23.4 Å². The Morgan fingerprint density at radius 1 is 0.682 bits per heavy atom. The van der Waals surface area contributed by atoms with E-state index >= 15 is 0 Å². The van der Waals surface area contributed by atoms with E-state index in [2.05, 4.69) is 0 Å². The lowest BCUT2D eigenvalue weighted by atomic mass is 10.2. The van der Waals surface area contributed by atoms with Crippen LogP contribution in [0.2, 0.25) is 0 Å². The summed E-state index contributed by atoms with van der Waals surface area (Å²) >= 11 is 0. The van der Waals surface area contributed by atoms with Gasteiger partial charge in [0.05, 0.1) is 26.4 Å². The van der Waals surface area contributed by atoms with Gasteiger partial charge in [-0.25, -0.2) is 0 Å². The van der Waals surface area contributed by atoms with E-state index in [-0.39, 0.29) is 13.2 Å². The molecule has 4 nitrogen and oxygen atoms in total. The molecule has 0 radical (unpaired) electrons. The first kappa shape index (κ1) is 16.3. The average molecular weight is 302 g/mol. The minimum atomic E-state index is 0.0257. The summed E-state index contributed by atoms with van der Waals surface area (Å²) in [7, 11) is 0. The van der Waals surface area contributed by atoms with Crippen LogP contribution < -0.4 is 9.47 Å². The number of aliphatic hydroxyl groups is 2. The molecule has 0 unspecified atom stereocenters. The van der Waals surface area contributed by atoms with Gasteiger partial charge in [0.1, 0.15) is 11.5 Å². The van der Waals surface area contributed by atoms with Crippen LogP contribution in [0.4, 0.5) is 0 Å². The summed E-state index contributed by atoms with van der Waals surface area (Å²) in [6, 6.07) is 14.9. The first-order chi connectivity index (χ1) is 10.8. The molecule has 0 saturated carbocycles. The Kier molecular flexibility index (Phi) is 6.74. The molecule has 2 N–H and O–H groups in total. The molecular weight excluding hydrogens is 280 g/mol. The molecule has 0 atom stereocenters. The predicted octanol–water partition coefficient (Wildman–Crippen LogP) is 2.91. The fourth-order valence-electron chi connectivity index (χ4n) is 2.05. The molecule has 22 heavy (non-hydrogen) atoms. The molecule has 0 bridgehead atoms. The van der Waals surface area contributed by atoms with E-state index in [1.54, 1.807) is 0 Å². The van der Waals surface area contributed by atoms with E-state index in [1.165, 1.54) is 0 Å². The Balaban J connectivity index is 1.62. The van der Waals surface area contributed by atoms with Gasteiger partial charge in [-0.15, -0.1) is 0 Å². The fourth-order valence-corrected chi connectivity index (χ4v) is 2.05. The van der Waals surface area contributed by atoms with Crippen molar-refractivity contribution in [1.29, 1.82) is 0 Å². The van der Waals surface area contributed by atoms with Crippen molar-refractivity contribution in [3.63, 3.8) is 0 Å². The number of unbranched alkanes of at least 4 members (excludes halogenated alkanes) is 1. The van der Waals surface area contributed by atoms with E-state index in [1.807, 2.05) is 48.5 Å². The van der Waals surface area contributed by atoms with Crippen LogP contribution >= 0.6 is 0 Å². The van der Waals surface area contributed by atoms with Crippen molar-refractivity contribution < 1.29 is 19.7 Å². The lowest BCUT2D eigenvalue weighted by molar-refractivity contribution is 0.262. The number of benzene rings is 2. The molecule has 0 aromatic heterocycles. The van der Waals surface area contributed by atoms with Crippen LogP contribution in [-0.2, 0) is 13.2 Å². The van der Waals surface area contributed by atoms with Gasteiger partial charge < -0.3 is 19.7 Å². The zero-order valence-corrected chi connectivity index (χ0v) is 12.6. The van der Waals surface area contributed by atoms with E-state index in [0.29, 0.717) is 13.2 Å². The second kappa shape index (κ2) is 9.07. The molecule has 0 saturated heterocycles. The predicted molar refractivity (Wildman–Crippen MR) is 85.0 cm³/mol. The third-order valence-electron chi connectivity index (χ3n) is 3.24. The molecule has 0 fully saturated rings. The molecule has 2 aromatic carbocycles. The number of aliphatic hydroxyl groups excluding tert-OH is 2. The normalized spacial score (nSPS) is 10.5. The van der Waals surface area contributed by atoms with Gasteiger partial charge in [0.2, 0.25) is 0 Å². The van der Waals surface area contributed by atoms with Gasteiger partial charge in [-0.1, -0.05) is 24.3 Å². The summed E-state index contributed by atoms with van der Waals surface area (Å²) in [4.78, 5) is 0. The van der Waals surface area contributed by atoms with Crippen molar-refractivity contribution in [3.8, 4) is 11.5 Å². The van der Waals surface area contributed by atoms with Crippen molar-refractivity contribution >= 4 is 0 Å². The van der Waals surface area contributed by atoms with Crippen molar-refractivity contribution in [2.24, 2.45) is 0 Å². The van der Waals surface area contributed by atoms with Crippen LogP contribution in [0.1, 0.15) is 24.0 Å². The molecule has 0 aliphatic heterocycles. The minimum Gasteiger partial charge on any atom is -0.494 e. The molecular formula is C18H22O4. The summed E-state index contributed by atoms with van der Waals surface area (Å²) in [5.74, 6) is 1.56. The van der Waals surface area contributed by atoms with Crippen molar-refractivity contribution in [2.75, 3.05) is 13.2 Å². The topological polar surface area (TPSA) is 58.9 Å². The Morgan fingerprint density at radius 3 is 1.55 bits per heavy atom. The molecule has 2 aromatic rings. The maximum atomic E-state index is 9.06. The van der Waals surface area contributed by atoms with Crippen LogP contribution in [0.5, 0.6) is 11.5 Å². The van der Waals surface area contributed by atoms with Crippen LogP contribution in [0.25, 0.3) is 0 Å². The molecule has 0 aliphatic carbocycles. The van der Waals surface area contributed by atoms with Gasteiger partial charge in [-0.3, -0.25) is 0 Å². The van der Waals surface area contributed by atoms with Gasteiger partial charge >= 0.3 is 0 Å². The molecule has 0 aliphatic rings. The second-order valence-corrected chi connectivity index (χ2v) is 5.02. The zero-order valence-electron chi connectivity index (χ0n) is 12.6. The lowest BCUT2D eigenvalue weighted by Gasteiger charge is -2.09. The van der Waals surface area contributed by atoms with Crippen molar-refractivity contribution in [1.82, 2.24) is 0 Å². The SMILES string of the molecule is OCc1cccc(OCCCCOc2cccc(CO)c2)c1. The highest BCUT2D eigenvalue weighted by atomic mass is 16.5. The number of ether oxygens (including phenoxy) is 2. The highest BCUT2D eigenvalue weighted by molar-refractivity contribution is 5.28. The molecule has 118 valence electrons. The summed E-state index contributed by atoms with van der Waals surface area (Å²) in [6.45, 7) is 1.29. The summed E-state index contributed by atoms with van der Waals surface area (Å²) in [5, 5.41) is 18.1. The highest BCUT2D eigenvalue weighted by Crippen LogP contribution is 2.15. The van der Waals surface area contributed by atoms with E-state index in [4.69, 9.17) is 19.7 Å². The molecule has 0 heterocycles. The number of hydrogen-bond donors (Lipinski definition) is 2. The minimum absolute atomic E-state index is 0.0257. The summed E-state index contributed by atoms with van der Waals surface area (Å²) in [6.07, 6.45) is 1.78. The monoisotopic (exact) mass is 302 g/mol. The lowest BCUT2D eigenvalue weighted by Crippen LogP contribution is -2.03. The number of rotatable bonds is 9. The Morgan fingerprint density at radius 2 is 1.14 bits per heavy atom. The largest absolute Gasteiger partial charge is 0.494 e. The van der Waals surface area contributed by atoms with Crippen LogP contribution in [0.15, 0.2) is 48.5 Å². The first-order valence-corrected chi connectivity index (χ1v) is 7.47. The van der Waals surface area contributed by atoms with Gasteiger partial charge in [0.15, 0.2) is 0 Å². The smallest absolute Gasteiger partial charge is 0.119 e. The Labute approximate surface area is 130 Å². The summed E-state index contributed by atoms with van der Waals surface area (Å²) < 4.78 is 11.3. The molecule has 0 spiro atoms. The first-order valence-electron chi connectivity index (χ1n) is 7.47. The standard InChI is InChI=1S/C18H22O4/c19-13-15-5-3-7-17(11-15)21-9-1-2-10-22-18-8-4-6-16(12-18)14-20/h3-8,11-12,19-20H,1-2,9-10,13-14H2. The maximum absolute atomic E-state index is 9.06. The Hall–Kier alpha value is -2.04. The quantitative estimate of drug-likeness (QED) is 0.699. The summed E-state index contributed by atoms with van der Waals surface area (Å²) in [5.41, 5.74) is 1.70. The highest BCUT2D eigenvalue weighted by Gasteiger charge is 1.98. The second-order valence-electron chi connectivity index (χ2n) is 5.02. The molecule has 4 heteroatoms. The van der Waals surface area contributed by atoms with E-state index in [0.717, 1.165) is 35.5 Å². The van der Waals surface area contributed by atoms with Gasteiger partial charge in [0.25, 0.3) is 0 Å². The maximum Gasteiger partial charge on any atom is 0.119 e. The van der Waals surface area contributed by atoms with Gasteiger partial charge in [-0.05, 0) is 48.2 Å². The van der Waals surface area contributed by atoms with Gasteiger partial charge in [-0.2, -0.15) is 0 Å². The van der Waals surface area contributed by atoms with Gasteiger partial charge in [0, 0.05) is 0 Å². The number of hydrogen-bond acceptors (Lipinski definition) is 4. The van der Waals surface area contributed by atoms with Crippen LogP contribution in [0.3, 0.4) is 0 Å². The van der Waals surface area contributed by atoms with E-state index in [9.17, 15) is 0 Å². The van der Waals surface area contributed by atoms with E-state index < -0.39 is 0 Å². The van der Waals surface area contributed by atoms with Crippen LogP contribution in [0, 0.1) is 0 Å². The van der Waals surface area contributed by atoms with Crippen molar-refractivity contribution in [2.45, 2.75) is 26.1 Å². The molecule has 0 amide bonds. The molecule has 2 rings (SSSR count). The van der Waals surface area contributed by atoms with Crippen molar-refractivity contribution in [3.05, 3.63) is 59.7 Å². The average Bonchev–Trinajstić information content (AvgIpc) is 2.58.